The molecule has 0 aromatic carbocycles. The lowest BCUT2D eigenvalue weighted by molar-refractivity contribution is -0.130. The highest BCUT2D eigenvalue weighted by atomic mass is 16.2. The molecule has 8 heteroatoms. The van der Waals surface area contributed by atoms with Crippen LogP contribution in [0.25, 0.3) is 11.2 Å². The predicted octanol–water partition coefficient (Wildman–Crippen LogP) is -0.344. The van der Waals surface area contributed by atoms with Gasteiger partial charge in [-0.15, -0.1) is 5.10 Å². The minimum Gasteiger partial charge on any atom is -0.344 e. The van der Waals surface area contributed by atoms with Crippen LogP contribution < -0.4 is 0 Å². The Morgan fingerprint density at radius 2 is 2.30 bits per heavy atom. The predicted molar refractivity (Wildman–Crippen MR) is 69.8 cm³/mol. The second-order valence-electron chi connectivity index (χ2n) is 4.83. The Morgan fingerprint density at radius 1 is 1.50 bits per heavy atom. The number of likely N-dealkylation sites (tertiary alicyclic amines) is 1. The third-order valence-corrected chi connectivity index (χ3v) is 3.64. The second kappa shape index (κ2) is 4.55. The molecule has 2 aromatic heterocycles. The number of carbonyl (C=O) groups excluding carboxylic acids is 2. The quantitative estimate of drug-likeness (QED) is 0.808. The first-order valence-corrected chi connectivity index (χ1v) is 6.27. The Kier molecular flexibility index (Phi) is 2.85. The van der Waals surface area contributed by atoms with Crippen LogP contribution in [0.3, 0.4) is 0 Å². The molecule has 0 radical (unpaired) electrons. The molecule has 1 aliphatic rings. The molecule has 1 fully saturated rings. The Bertz CT molecular complexity index is 681. The maximum absolute atomic E-state index is 12.5. The van der Waals surface area contributed by atoms with Gasteiger partial charge in [-0.05, 0) is 12.5 Å². The van der Waals surface area contributed by atoms with Crippen LogP contribution in [0.4, 0.5) is 0 Å². The number of fused-ring (bicyclic) bond motifs is 1. The normalized spacial score (nSPS) is 18.8. The number of rotatable bonds is 2. The molecule has 1 atom stereocenters. The Hall–Kier alpha value is -2.51. The van der Waals surface area contributed by atoms with Crippen molar-refractivity contribution in [2.75, 3.05) is 20.6 Å². The molecule has 0 bridgehead atoms. The molecule has 8 nitrogen and oxygen atoms in total. The van der Waals surface area contributed by atoms with Crippen LogP contribution in [-0.2, 0) is 4.79 Å². The van der Waals surface area contributed by atoms with Crippen molar-refractivity contribution in [3.05, 3.63) is 17.8 Å². The number of amides is 2. The monoisotopic (exact) mass is 274 g/mol. The molecule has 104 valence electrons. The Morgan fingerprint density at radius 3 is 3.00 bits per heavy atom. The zero-order chi connectivity index (χ0) is 14.3. The number of likely N-dealkylation sites (N-methyl/N-ethyl adjacent to an activating group) is 2. The number of aromatic amines is 1. The van der Waals surface area contributed by atoms with E-state index in [9.17, 15) is 9.59 Å². The van der Waals surface area contributed by atoms with E-state index in [1.165, 1.54) is 11.1 Å². The molecular formula is C12H14N6O2. The van der Waals surface area contributed by atoms with Crippen molar-refractivity contribution in [3.8, 4) is 0 Å². The van der Waals surface area contributed by atoms with Gasteiger partial charge in [0, 0.05) is 26.8 Å². The lowest BCUT2D eigenvalue weighted by Crippen LogP contribution is -2.42. The van der Waals surface area contributed by atoms with Crippen molar-refractivity contribution in [2.45, 2.75) is 12.5 Å². The molecule has 1 unspecified atom stereocenters. The summed E-state index contributed by atoms with van der Waals surface area (Å²) in [6, 6.07) is 1.18. The summed E-state index contributed by atoms with van der Waals surface area (Å²) in [5.74, 6) is -0.286. The van der Waals surface area contributed by atoms with E-state index < -0.39 is 6.04 Å². The van der Waals surface area contributed by atoms with Crippen molar-refractivity contribution in [1.29, 1.82) is 0 Å². The summed E-state index contributed by atoms with van der Waals surface area (Å²) in [6.07, 6.45) is 2.15. The van der Waals surface area contributed by atoms with Crippen LogP contribution in [0.2, 0.25) is 0 Å². The topological polar surface area (TPSA) is 95.1 Å². The summed E-state index contributed by atoms with van der Waals surface area (Å²) in [5, 5.41) is 10.2. The number of nitrogens with one attached hydrogen (secondary N) is 1. The minimum atomic E-state index is -0.414. The minimum absolute atomic E-state index is 0.0358. The lowest BCUT2D eigenvalue weighted by atomic mass is 10.1. The van der Waals surface area contributed by atoms with E-state index in [1.807, 2.05) is 0 Å². The number of hydrogen-bond donors (Lipinski definition) is 1. The molecule has 1 aliphatic heterocycles. The average molecular weight is 274 g/mol. The number of aromatic nitrogens is 4. The standard InChI is InChI=1S/C12H14N6O2/c1-17-6-4-8(12(17)20)18(2)11(19)7-3-5-13-10-9(7)14-16-15-10/h3,5,8H,4,6H2,1-2H3,(H,13,14,15,16). The van der Waals surface area contributed by atoms with E-state index in [0.717, 1.165) is 0 Å². The van der Waals surface area contributed by atoms with Crippen LogP contribution in [0, 0.1) is 0 Å². The molecule has 0 aliphatic carbocycles. The average Bonchev–Trinajstić information content (AvgIpc) is 3.05. The van der Waals surface area contributed by atoms with Gasteiger partial charge in [0.15, 0.2) is 0 Å². The maximum Gasteiger partial charge on any atom is 0.256 e. The summed E-state index contributed by atoms with van der Waals surface area (Å²) in [7, 11) is 3.37. The third-order valence-electron chi connectivity index (χ3n) is 3.64. The first kappa shape index (κ1) is 12.5. The molecule has 20 heavy (non-hydrogen) atoms. The van der Waals surface area contributed by atoms with Crippen molar-refractivity contribution in [2.24, 2.45) is 0 Å². The molecule has 3 heterocycles. The highest BCUT2D eigenvalue weighted by Crippen LogP contribution is 2.19. The summed E-state index contributed by atoms with van der Waals surface area (Å²) < 4.78 is 0. The van der Waals surface area contributed by atoms with Gasteiger partial charge >= 0.3 is 0 Å². The zero-order valence-corrected chi connectivity index (χ0v) is 11.2. The van der Waals surface area contributed by atoms with Crippen molar-refractivity contribution >= 4 is 23.0 Å². The molecule has 3 rings (SSSR count). The highest BCUT2D eigenvalue weighted by Gasteiger charge is 2.35. The fourth-order valence-electron chi connectivity index (χ4n) is 2.42. The summed E-state index contributed by atoms with van der Waals surface area (Å²) in [4.78, 5) is 31.6. The Balaban J connectivity index is 1.92. The molecule has 1 N–H and O–H groups in total. The number of H-pyrrole nitrogens is 1. The molecule has 1 saturated heterocycles. The van der Waals surface area contributed by atoms with E-state index in [-0.39, 0.29) is 11.8 Å². The molecular weight excluding hydrogens is 260 g/mol. The fraction of sp³-hybridized carbons (Fsp3) is 0.417. The van der Waals surface area contributed by atoms with Crippen LogP contribution in [0.1, 0.15) is 16.8 Å². The van der Waals surface area contributed by atoms with E-state index in [1.54, 1.807) is 25.1 Å². The number of carbonyl (C=O) groups is 2. The van der Waals surface area contributed by atoms with Crippen molar-refractivity contribution < 1.29 is 9.59 Å². The maximum atomic E-state index is 12.5. The van der Waals surface area contributed by atoms with Gasteiger partial charge in [0.05, 0.1) is 5.56 Å². The summed E-state index contributed by atoms with van der Waals surface area (Å²) in [5.41, 5.74) is 1.20. The molecule has 2 amide bonds. The number of nitrogens with zero attached hydrogens (tertiary/aromatic N) is 5. The van der Waals surface area contributed by atoms with Crippen LogP contribution in [0.5, 0.6) is 0 Å². The van der Waals surface area contributed by atoms with Gasteiger partial charge in [0.25, 0.3) is 5.91 Å². The van der Waals surface area contributed by atoms with Gasteiger partial charge in [0.1, 0.15) is 11.6 Å². The van der Waals surface area contributed by atoms with Crippen LogP contribution >= 0.6 is 0 Å². The summed E-state index contributed by atoms with van der Waals surface area (Å²) >= 11 is 0. The SMILES string of the molecule is CN1CCC(N(C)C(=O)c2ccnc3n[nH]nc23)C1=O. The van der Waals surface area contributed by atoms with Gasteiger partial charge in [-0.3, -0.25) is 9.59 Å². The van der Waals surface area contributed by atoms with E-state index in [2.05, 4.69) is 20.4 Å². The first-order valence-electron chi connectivity index (χ1n) is 6.27. The smallest absolute Gasteiger partial charge is 0.256 e. The van der Waals surface area contributed by atoms with Gasteiger partial charge in [-0.25, -0.2) is 4.98 Å². The van der Waals surface area contributed by atoms with E-state index in [0.29, 0.717) is 29.7 Å². The fourth-order valence-corrected chi connectivity index (χ4v) is 2.42. The first-order chi connectivity index (χ1) is 9.59. The third kappa shape index (κ3) is 1.80. The number of hydrogen-bond acceptors (Lipinski definition) is 5. The molecule has 0 spiro atoms. The van der Waals surface area contributed by atoms with Gasteiger partial charge < -0.3 is 9.80 Å². The molecule has 0 saturated carbocycles. The van der Waals surface area contributed by atoms with Gasteiger partial charge in [-0.2, -0.15) is 10.3 Å². The zero-order valence-electron chi connectivity index (χ0n) is 11.2. The van der Waals surface area contributed by atoms with Crippen LogP contribution in [0.15, 0.2) is 12.3 Å². The van der Waals surface area contributed by atoms with Crippen molar-refractivity contribution in [3.63, 3.8) is 0 Å². The van der Waals surface area contributed by atoms with E-state index >= 15 is 0 Å². The largest absolute Gasteiger partial charge is 0.344 e. The lowest BCUT2D eigenvalue weighted by Gasteiger charge is -2.23. The van der Waals surface area contributed by atoms with Crippen LogP contribution in [-0.4, -0.2) is 68.7 Å². The van der Waals surface area contributed by atoms with Crippen molar-refractivity contribution in [1.82, 2.24) is 30.2 Å². The van der Waals surface area contributed by atoms with E-state index in [4.69, 9.17) is 0 Å². The Labute approximate surface area is 114 Å². The number of pyridine rings is 1. The second-order valence-corrected chi connectivity index (χ2v) is 4.83. The van der Waals surface area contributed by atoms with Gasteiger partial charge in [-0.1, -0.05) is 0 Å². The summed E-state index contributed by atoms with van der Waals surface area (Å²) in [6.45, 7) is 0.664. The van der Waals surface area contributed by atoms with Gasteiger partial charge in [0.2, 0.25) is 11.6 Å². The highest BCUT2D eigenvalue weighted by molar-refractivity contribution is 6.05. The molecule has 2 aromatic rings.